The number of ether oxygens (including phenoxy) is 2. The Labute approximate surface area is 107 Å². The smallest absolute Gasteiger partial charge is 0.387 e. The normalized spacial score (nSPS) is 12.3. The lowest BCUT2D eigenvalue weighted by atomic mass is 10.2. The van der Waals surface area contributed by atoms with Gasteiger partial charge in [-0.2, -0.15) is 8.78 Å². The van der Waals surface area contributed by atoms with E-state index in [4.69, 9.17) is 10.5 Å². The minimum absolute atomic E-state index is 0.0443. The lowest BCUT2D eigenvalue weighted by Crippen LogP contribution is -2.35. The largest absolute Gasteiger partial charge is 0.432 e. The minimum Gasteiger partial charge on any atom is -0.432 e. The van der Waals surface area contributed by atoms with Crippen LogP contribution in [0.3, 0.4) is 0 Å². The fourth-order valence-electron chi connectivity index (χ4n) is 1.30. The van der Waals surface area contributed by atoms with Crippen LogP contribution in [-0.2, 0) is 9.53 Å². The van der Waals surface area contributed by atoms with Crippen molar-refractivity contribution in [2.75, 3.05) is 19.0 Å². The second kappa shape index (κ2) is 6.95. The summed E-state index contributed by atoms with van der Waals surface area (Å²) in [5, 5.41) is 2.34. The summed E-state index contributed by atoms with van der Waals surface area (Å²) in [6.45, 7) is -3.16. The third-order valence-corrected chi connectivity index (χ3v) is 2.21. The van der Waals surface area contributed by atoms with E-state index in [-0.39, 0.29) is 12.2 Å². The van der Waals surface area contributed by atoms with Crippen LogP contribution in [0.4, 0.5) is 18.9 Å². The molecule has 0 saturated heterocycles. The fourth-order valence-corrected chi connectivity index (χ4v) is 1.30. The molecular weight excluding hydrogens is 265 g/mol. The van der Waals surface area contributed by atoms with Crippen LogP contribution < -0.4 is 15.8 Å². The Bertz CT molecular complexity index is 439. The second-order valence-corrected chi connectivity index (χ2v) is 3.47. The maximum atomic E-state index is 13.4. The van der Waals surface area contributed by atoms with Crippen LogP contribution in [0.15, 0.2) is 18.2 Å². The van der Waals surface area contributed by atoms with E-state index in [1.807, 2.05) is 0 Å². The molecule has 1 rings (SSSR count). The summed E-state index contributed by atoms with van der Waals surface area (Å²) in [5.74, 6) is -2.18. The van der Waals surface area contributed by atoms with E-state index in [1.54, 1.807) is 0 Å². The van der Waals surface area contributed by atoms with Crippen LogP contribution in [0.25, 0.3) is 0 Å². The van der Waals surface area contributed by atoms with Crippen molar-refractivity contribution >= 4 is 11.6 Å². The van der Waals surface area contributed by atoms with E-state index in [0.717, 1.165) is 12.1 Å². The number of benzene rings is 1. The molecule has 3 N–H and O–H groups in total. The van der Waals surface area contributed by atoms with Crippen molar-refractivity contribution in [3.8, 4) is 5.75 Å². The Morgan fingerprint density at radius 2 is 2.16 bits per heavy atom. The molecular formula is C11H13F3N2O3. The van der Waals surface area contributed by atoms with Crippen molar-refractivity contribution in [2.45, 2.75) is 12.7 Å². The van der Waals surface area contributed by atoms with E-state index in [1.165, 1.54) is 13.2 Å². The predicted octanol–water partition coefficient (Wildman–Crippen LogP) is 1.34. The Morgan fingerprint density at radius 3 is 2.63 bits per heavy atom. The number of carbonyl (C=O) groups excluding carboxylic acids is 1. The molecule has 0 spiro atoms. The minimum atomic E-state index is -3.12. The number of nitrogens with two attached hydrogens (primary N) is 1. The van der Waals surface area contributed by atoms with Gasteiger partial charge in [-0.15, -0.1) is 0 Å². The average Bonchev–Trinajstić information content (AvgIpc) is 2.33. The molecule has 1 unspecified atom stereocenters. The number of anilines is 1. The summed E-state index contributed by atoms with van der Waals surface area (Å²) < 4.78 is 45.9. The molecule has 8 heteroatoms. The maximum Gasteiger partial charge on any atom is 0.387 e. The molecule has 0 aliphatic carbocycles. The van der Waals surface area contributed by atoms with Gasteiger partial charge >= 0.3 is 6.61 Å². The summed E-state index contributed by atoms with van der Waals surface area (Å²) in [5.41, 5.74) is 5.37. The third kappa shape index (κ3) is 4.42. The summed E-state index contributed by atoms with van der Waals surface area (Å²) in [7, 11) is 1.30. The Hall–Kier alpha value is -1.80. The third-order valence-electron chi connectivity index (χ3n) is 2.21. The zero-order valence-electron chi connectivity index (χ0n) is 10.0. The number of methoxy groups -OCH3 is 1. The van der Waals surface area contributed by atoms with Crippen molar-refractivity contribution in [3.05, 3.63) is 24.0 Å². The van der Waals surface area contributed by atoms with Gasteiger partial charge in [0.2, 0.25) is 0 Å². The number of nitrogens with one attached hydrogen (secondary N) is 1. The topological polar surface area (TPSA) is 73.6 Å². The highest BCUT2D eigenvalue weighted by molar-refractivity contribution is 5.94. The lowest BCUT2D eigenvalue weighted by molar-refractivity contribution is -0.125. The molecule has 5 nitrogen and oxygen atoms in total. The first-order valence-electron chi connectivity index (χ1n) is 5.26. The van der Waals surface area contributed by atoms with Gasteiger partial charge in [0, 0.05) is 25.4 Å². The van der Waals surface area contributed by atoms with Gasteiger partial charge in [-0.3, -0.25) is 4.79 Å². The zero-order chi connectivity index (χ0) is 14.4. The van der Waals surface area contributed by atoms with Crippen molar-refractivity contribution in [1.82, 2.24) is 0 Å². The first kappa shape index (κ1) is 15.3. The molecule has 1 aromatic rings. The fraction of sp³-hybridized carbons (Fsp3) is 0.364. The van der Waals surface area contributed by atoms with Crippen LogP contribution >= 0.6 is 0 Å². The van der Waals surface area contributed by atoms with Gasteiger partial charge in [0.25, 0.3) is 5.91 Å². The second-order valence-electron chi connectivity index (χ2n) is 3.47. The first-order chi connectivity index (χ1) is 8.97. The molecule has 106 valence electrons. The van der Waals surface area contributed by atoms with Crippen LogP contribution in [0.5, 0.6) is 5.75 Å². The van der Waals surface area contributed by atoms with Crippen molar-refractivity contribution in [3.63, 3.8) is 0 Å². The molecule has 0 bridgehead atoms. The molecule has 0 aliphatic heterocycles. The zero-order valence-corrected chi connectivity index (χ0v) is 10.0. The number of hydrogen-bond donors (Lipinski definition) is 2. The summed E-state index contributed by atoms with van der Waals surface area (Å²) in [4.78, 5) is 11.6. The Balaban J connectivity index is 2.75. The molecule has 0 heterocycles. The first-order valence-corrected chi connectivity index (χ1v) is 5.26. The number of alkyl halides is 2. The number of halogens is 3. The van der Waals surface area contributed by atoms with E-state index >= 15 is 0 Å². The molecule has 19 heavy (non-hydrogen) atoms. The molecule has 1 aromatic carbocycles. The summed E-state index contributed by atoms with van der Waals surface area (Å²) in [6, 6.07) is 3.07. The molecule has 1 atom stereocenters. The van der Waals surface area contributed by atoms with E-state index < -0.39 is 30.2 Å². The van der Waals surface area contributed by atoms with Gasteiger partial charge in [0.1, 0.15) is 6.10 Å². The van der Waals surface area contributed by atoms with E-state index in [2.05, 4.69) is 10.1 Å². The monoisotopic (exact) mass is 278 g/mol. The lowest BCUT2D eigenvalue weighted by Gasteiger charge is -2.13. The summed E-state index contributed by atoms with van der Waals surface area (Å²) >= 11 is 0. The van der Waals surface area contributed by atoms with Crippen molar-refractivity contribution in [1.29, 1.82) is 0 Å². The van der Waals surface area contributed by atoms with E-state index in [9.17, 15) is 18.0 Å². The molecule has 0 aromatic heterocycles. The summed E-state index contributed by atoms with van der Waals surface area (Å²) in [6.07, 6.45) is -0.875. The highest BCUT2D eigenvalue weighted by atomic mass is 19.3. The van der Waals surface area contributed by atoms with Crippen molar-refractivity contribution in [2.24, 2.45) is 5.73 Å². The highest BCUT2D eigenvalue weighted by Gasteiger charge is 2.17. The predicted molar refractivity (Wildman–Crippen MR) is 61.5 cm³/mol. The van der Waals surface area contributed by atoms with Gasteiger partial charge in [0.05, 0.1) is 0 Å². The van der Waals surface area contributed by atoms with Gasteiger partial charge in [-0.05, 0) is 12.1 Å². The average molecular weight is 278 g/mol. The van der Waals surface area contributed by atoms with Gasteiger partial charge < -0.3 is 20.5 Å². The quantitative estimate of drug-likeness (QED) is 0.823. The Morgan fingerprint density at radius 1 is 1.47 bits per heavy atom. The van der Waals surface area contributed by atoms with Crippen LogP contribution in [0.2, 0.25) is 0 Å². The molecule has 1 amide bonds. The molecule has 0 saturated carbocycles. The number of rotatable bonds is 6. The standard InChI is InChI=1S/C11H13F3N2O3/c1-18-9(5-15)10(17)16-6-2-3-8(7(12)4-6)19-11(13)14/h2-4,9,11H,5,15H2,1H3,(H,16,17). The van der Waals surface area contributed by atoms with E-state index in [0.29, 0.717) is 0 Å². The number of amides is 1. The Kier molecular flexibility index (Phi) is 5.58. The molecule has 0 radical (unpaired) electrons. The van der Waals surface area contributed by atoms with Crippen LogP contribution in [0, 0.1) is 5.82 Å². The van der Waals surface area contributed by atoms with Crippen LogP contribution in [0.1, 0.15) is 0 Å². The van der Waals surface area contributed by atoms with Gasteiger partial charge in [-0.1, -0.05) is 0 Å². The number of carbonyl (C=O) groups is 1. The van der Waals surface area contributed by atoms with Gasteiger partial charge in [-0.25, -0.2) is 4.39 Å². The molecule has 0 aliphatic rings. The van der Waals surface area contributed by atoms with Gasteiger partial charge in [0.15, 0.2) is 11.6 Å². The maximum absolute atomic E-state index is 13.4. The van der Waals surface area contributed by atoms with Crippen LogP contribution in [-0.4, -0.2) is 32.3 Å². The molecule has 0 fully saturated rings. The SMILES string of the molecule is COC(CN)C(=O)Nc1ccc(OC(F)F)c(F)c1. The van der Waals surface area contributed by atoms with Crippen molar-refractivity contribution < 1.29 is 27.4 Å². The number of hydrogen-bond acceptors (Lipinski definition) is 4. The highest BCUT2D eigenvalue weighted by Crippen LogP contribution is 2.22.